The van der Waals surface area contributed by atoms with Crippen LogP contribution < -0.4 is 4.73 Å². The van der Waals surface area contributed by atoms with Gasteiger partial charge in [0, 0.05) is 24.6 Å². The van der Waals surface area contributed by atoms with Crippen LogP contribution in [0.25, 0.3) is 0 Å². The number of rotatable bonds is 3. The fourth-order valence-corrected chi connectivity index (χ4v) is 4.95. The molecule has 2 aliphatic rings. The predicted molar refractivity (Wildman–Crippen MR) is 106 cm³/mol. The Morgan fingerprint density at radius 1 is 1.29 bits per heavy atom. The molecule has 2 atom stereocenters. The van der Waals surface area contributed by atoms with Gasteiger partial charge in [-0.3, -0.25) is 9.69 Å². The number of carbonyl (C=O) groups excluding carboxylic acids is 1. The lowest BCUT2D eigenvalue weighted by molar-refractivity contribution is -0.605. The first kappa shape index (κ1) is 18.9. The summed E-state index contributed by atoms with van der Waals surface area (Å²) in [5.41, 5.74) is 2.51. The molecule has 1 spiro atoms. The molecule has 0 radical (unpaired) electrons. The number of fused-ring (bicyclic) bond motifs is 2. The third-order valence-electron chi connectivity index (χ3n) is 6.62. The molecule has 0 bridgehead atoms. The SMILES string of the molecule is CCN(C)[C@H]1c2ccccc2C2(CCN(C(=O)c3ccc[n+]([O-])c3)CC2)[C@@H]1O. The van der Waals surface area contributed by atoms with Crippen molar-refractivity contribution >= 4 is 5.91 Å². The zero-order valence-corrected chi connectivity index (χ0v) is 16.4. The number of aliphatic hydroxyl groups is 1. The number of hydrogen-bond donors (Lipinski definition) is 1. The van der Waals surface area contributed by atoms with Gasteiger partial charge in [0.2, 0.25) is 0 Å². The van der Waals surface area contributed by atoms with Gasteiger partial charge in [-0.25, -0.2) is 0 Å². The maximum absolute atomic E-state index is 12.8. The van der Waals surface area contributed by atoms with Gasteiger partial charge >= 0.3 is 0 Å². The number of benzene rings is 1. The highest BCUT2D eigenvalue weighted by Gasteiger charge is 2.53. The van der Waals surface area contributed by atoms with Crippen LogP contribution in [0.3, 0.4) is 0 Å². The number of carbonyl (C=O) groups is 1. The van der Waals surface area contributed by atoms with E-state index in [4.69, 9.17) is 0 Å². The highest BCUT2D eigenvalue weighted by atomic mass is 16.5. The first-order valence-corrected chi connectivity index (χ1v) is 9.94. The maximum Gasteiger partial charge on any atom is 0.259 e. The molecule has 6 heteroatoms. The van der Waals surface area contributed by atoms with Crippen LogP contribution in [-0.4, -0.2) is 53.6 Å². The molecule has 1 amide bonds. The number of aromatic nitrogens is 1. The Hall–Kier alpha value is -2.44. The second-order valence-corrected chi connectivity index (χ2v) is 7.95. The fraction of sp³-hybridized carbons (Fsp3) is 0.455. The van der Waals surface area contributed by atoms with Gasteiger partial charge in [0.1, 0.15) is 5.56 Å². The smallest absolute Gasteiger partial charge is 0.259 e. The summed E-state index contributed by atoms with van der Waals surface area (Å²) in [6.07, 6.45) is 3.63. The molecule has 1 N–H and O–H groups in total. The first-order valence-electron chi connectivity index (χ1n) is 9.94. The third-order valence-corrected chi connectivity index (χ3v) is 6.62. The van der Waals surface area contributed by atoms with Crippen LogP contribution in [0, 0.1) is 5.21 Å². The minimum absolute atomic E-state index is 0.0167. The quantitative estimate of drug-likeness (QED) is 0.651. The molecule has 1 aliphatic heterocycles. The molecule has 0 unspecified atom stereocenters. The Morgan fingerprint density at radius 2 is 2.00 bits per heavy atom. The van der Waals surface area contributed by atoms with Gasteiger partial charge in [-0.2, -0.15) is 4.73 Å². The van der Waals surface area contributed by atoms with E-state index in [0.29, 0.717) is 23.4 Å². The Labute approximate surface area is 165 Å². The minimum atomic E-state index is -0.493. The highest BCUT2D eigenvalue weighted by molar-refractivity contribution is 5.93. The van der Waals surface area contributed by atoms with E-state index in [-0.39, 0.29) is 17.4 Å². The molecular formula is C22H27N3O3. The van der Waals surface area contributed by atoms with Crippen LogP contribution in [0.2, 0.25) is 0 Å². The molecule has 1 fully saturated rings. The number of nitrogens with zero attached hydrogens (tertiary/aromatic N) is 3. The Balaban J connectivity index is 1.59. The highest BCUT2D eigenvalue weighted by Crippen LogP contribution is 2.52. The van der Waals surface area contributed by atoms with Crippen LogP contribution in [0.15, 0.2) is 48.8 Å². The number of likely N-dealkylation sites (tertiary alicyclic amines) is 1. The Morgan fingerprint density at radius 3 is 2.68 bits per heavy atom. The van der Waals surface area contributed by atoms with Gasteiger partial charge in [0.15, 0.2) is 12.4 Å². The summed E-state index contributed by atoms with van der Waals surface area (Å²) in [4.78, 5) is 16.8. The zero-order valence-electron chi connectivity index (χ0n) is 16.4. The lowest BCUT2D eigenvalue weighted by Gasteiger charge is -2.43. The van der Waals surface area contributed by atoms with E-state index in [1.807, 2.05) is 12.1 Å². The lowest BCUT2D eigenvalue weighted by atomic mass is 9.72. The van der Waals surface area contributed by atoms with Gasteiger partial charge in [0.05, 0.1) is 12.1 Å². The van der Waals surface area contributed by atoms with Crippen LogP contribution in [0.5, 0.6) is 0 Å². The number of likely N-dealkylation sites (N-methyl/N-ethyl adjacent to an activating group) is 1. The second-order valence-electron chi connectivity index (χ2n) is 7.95. The fourth-order valence-electron chi connectivity index (χ4n) is 4.95. The van der Waals surface area contributed by atoms with E-state index >= 15 is 0 Å². The van der Waals surface area contributed by atoms with Crippen LogP contribution >= 0.6 is 0 Å². The third kappa shape index (κ3) is 2.88. The largest absolute Gasteiger partial charge is 0.619 e. The average molecular weight is 381 g/mol. The normalized spacial score (nSPS) is 23.2. The Kier molecular flexibility index (Phi) is 4.85. The lowest BCUT2D eigenvalue weighted by Crippen LogP contribution is -2.51. The second kappa shape index (κ2) is 7.18. The van der Waals surface area contributed by atoms with Gasteiger partial charge in [-0.05, 0) is 43.6 Å². The van der Waals surface area contributed by atoms with Gasteiger partial charge in [-0.15, -0.1) is 0 Å². The average Bonchev–Trinajstić information content (AvgIpc) is 2.96. The van der Waals surface area contributed by atoms with E-state index in [2.05, 4.69) is 31.0 Å². The summed E-state index contributed by atoms with van der Waals surface area (Å²) in [5.74, 6) is -0.122. The Bertz CT molecular complexity index is 877. The molecule has 148 valence electrons. The zero-order chi connectivity index (χ0) is 19.9. The number of hydrogen-bond acceptors (Lipinski definition) is 4. The summed E-state index contributed by atoms with van der Waals surface area (Å²) in [6.45, 7) is 4.10. The maximum atomic E-state index is 12.8. The van der Waals surface area contributed by atoms with Crippen molar-refractivity contribution in [2.24, 2.45) is 0 Å². The number of amides is 1. The van der Waals surface area contributed by atoms with Crippen molar-refractivity contribution in [3.05, 3.63) is 70.7 Å². The van der Waals surface area contributed by atoms with Crippen LogP contribution in [-0.2, 0) is 5.41 Å². The molecule has 6 nitrogen and oxygen atoms in total. The molecule has 1 aromatic heterocycles. The van der Waals surface area contributed by atoms with Crippen molar-refractivity contribution < 1.29 is 14.6 Å². The predicted octanol–water partition coefficient (Wildman–Crippen LogP) is 1.86. The van der Waals surface area contributed by atoms with Gasteiger partial charge in [-0.1, -0.05) is 31.2 Å². The van der Waals surface area contributed by atoms with Crippen LogP contribution in [0.1, 0.15) is 47.3 Å². The summed E-state index contributed by atoms with van der Waals surface area (Å²) in [5, 5.41) is 22.9. The first-order chi connectivity index (χ1) is 13.5. The van der Waals surface area contributed by atoms with E-state index in [9.17, 15) is 15.1 Å². The number of piperidine rings is 1. The molecule has 2 aromatic rings. The van der Waals surface area contributed by atoms with Crippen molar-refractivity contribution in [2.75, 3.05) is 26.7 Å². The molecular weight excluding hydrogens is 354 g/mol. The van der Waals surface area contributed by atoms with Crippen molar-refractivity contribution in [2.45, 2.75) is 37.3 Å². The van der Waals surface area contributed by atoms with E-state index in [1.165, 1.54) is 23.5 Å². The van der Waals surface area contributed by atoms with Crippen LogP contribution in [0.4, 0.5) is 0 Å². The molecule has 28 heavy (non-hydrogen) atoms. The molecule has 0 saturated carbocycles. The van der Waals surface area contributed by atoms with Crippen molar-refractivity contribution in [1.29, 1.82) is 0 Å². The summed E-state index contributed by atoms with van der Waals surface area (Å²) >= 11 is 0. The van der Waals surface area contributed by atoms with Gasteiger partial charge in [0.25, 0.3) is 5.91 Å². The standard InChI is InChI=1S/C22H27N3O3/c1-3-23(2)19-17-8-4-5-9-18(17)22(20(19)26)10-13-24(14-11-22)21(27)16-7-6-12-25(28)15-16/h4-9,12,15,19-20,26H,3,10-11,13-14H2,1-2H3/t19-,20+/m0/s1. The number of pyridine rings is 1. The topological polar surface area (TPSA) is 70.7 Å². The summed E-state index contributed by atoms with van der Waals surface area (Å²) < 4.78 is 0.654. The molecule has 1 aliphatic carbocycles. The minimum Gasteiger partial charge on any atom is -0.619 e. The molecule has 2 heterocycles. The summed E-state index contributed by atoms with van der Waals surface area (Å²) in [6, 6.07) is 11.6. The van der Waals surface area contributed by atoms with Crippen molar-refractivity contribution in [3.63, 3.8) is 0 Å². The molecule has 1 aromatic carbocycles. The molecule has 4 rings (SSSR count). The van der Waals surface area contributed by atoms with E-state index in [0.717, 1.165) is 19.4 Å². The van der Waals surface area contributed by atoms with E-state index in [1.54, 1.807) is 17.0 Å². The van der Waals surface area contributed by atoms with E-state index < -0.39 is 6.10 Å². The van der Waals surface area contributed by atoms with Gasteiger partial charge < -0.3 is 15.2 Å². The van der Waals surface area contributed by atoms with Crippen molar-refractivity contribution in [3.8, 4) is 0 Å². The monoisotopic (exact) mass is 381 g/mol. The molecule has 1 saturated heterocycles. The van der Waals surface area contributed by atoms with Crippen molar-refractivity contribution in [1.82, 2.24) is 9.80 Å². The number of aliphatic hydroxyl groups excluding tert-OH is 1. The summed E-state index contributed by atoms with van der Waals surface area (Å²) in [7, 11) is 2.05.